The molecular formula is C16H17F3N4OS. The number of hydrogen-bond donors (Lipinski definition) is 1. The van der Waals surface area contributed by atoms with Gasteiger partial charge in [-0.1, -0.05) is 36.9 Å². The Labute approximate surface area is 147 Å². The van der Waals surface area contributed by atoms with Crippen LogP contribution in [0.2, 0.25) is 0 Å². The van der Waals surface area contributed by atoms with Crippen LogP contribution < -0.4 is 5.32 Å². The van der Waals surface area contributed by atoms with Gasteiger partial charge in [0.05, 0.1) is 17.0 Å². The summed E-state index contributed by atoms with van der Waals surface area (Å²) >= 11 is 1.11. The number of allylic oxidation sites excluding steroid dienone is 1. The third-order valence-corrected chi connectivity index (χ3v) is 4.23. The van der Waals surface area contributed by atoms with Gasteiger partial charge < -0.3 is 9.88 Å². The highest BCUT2D eigenvalue weighted by Crippen LogP contribution is 2.34. The molecule has 0 aliphatic carbocycles. The van der Waals surface area contributed by atoms with Gasteiger partial charge in [-0.05, 0) is 12.1 Å². The fourth-order valence-electron chi connectivity index (χ4n) is 2.16. The number of thioether (sulfide) groups is 1. The Morgan fingerprint density at radius 3 is 2.72 bits per heavy atom. The zero-order valence-corrected chi connectivity index (χ0v) is 14.3. The summed E-state index contributed by atoms with van der Waals surface area (Å²) in [5.74, 6) is 0.128. The molecule has 1 aromatic carbocycles. The molecule has 2 aromatic rings. The SMILES string of the molecule is C=CCn1c(CC)nnc1SCC(=O)Nc1ccccc1C(F)(F)F. The van der Waals surface area contributed by atoms with Gasteiger partial charge in [0.1, 0.15) is 5.82 Å². The largest absolute Gasteiger partial charge is 0.418 e. The summed E-state index contributed by atoms with van der Waals surface area (Å²) in [5.41, 5.74) is -1.14. The van der Waals surface area contributed by atoms with Crippen LogP contribution in [0.4, 0.5) is 18.9 Å². The number of hydrogen-bond acceptors (Lipinski definition) is 4. The number of carbonyl (C=O) groups excluding carboxylic acids is 1. The standard InChI is InChI=1S/C16H17F3N4OS/c1-3-9-23-13(4-2)21-22-15(23)25-10-14(24)20-12-8-6-5-7-11(12)16(17,18)19/h3,5-8H,1,4,9-10H2,2H3,(H,20,24). The van der Waals surface area contributed by atoms with Crippen LogP contribution in [0.5, 0.6) is 0 Å². The van der Waals surface area contributed by atoms with E-state index in [-0.39, 0.29) is 11.4 Å². The number of anilines is 1. The number of aryl methyl sites for hydroxylation is 1. The molecule has 0 aliphatic heterocycles. The van der Waals surface area contributed by atoms with E-state index in [9.17, 15) is 18.0 Å². The highest BCUT2D eigenvalue weighted by molar-refractivity contribution is 7.99. The topological polar surface area (TPSA) is 59.8 Å². The summed E-state index contributed by atoms with van der Waals surface area (Å²) in [6.07, 6.45) is -2.17. The molecular weight excluding hydrogens is 353 g/mol. The van der Waals surface area contributed by atoms with Crippen molar-refractivity contribution in [2.75, 3.05) is 11.1 Å². The van der Waals surface area contributed by atoms with E-state index in [0.717, 1.165) is 23.7 Å². The van der Waals surface area contributed by atoms with Crippen molar-refractivity contribution in [2.45, 2.75) is 31.2 Å². The molecule has 0 unspecified atom stereocenters. The Hall–Kier alpha value is -2.29. The van der Waals surface area contributed by atoms with E-state index < -0.39 is 17.6 Å². The molecule has 9 heteroatoms. The molecule has 1 N–H and O–H groups in total. The first-order valence-electron chi connectivity index (χ1n) is 7.48. The maximum absolute atomic E-state index is 12.9. The smallest absolute Gasteiger partial charge is 0.325 e. The van der Waals surface area contributed by atoms with Gasteiger partial charge >= 0.3 is 6.18 Å². The fraction of sp³-hybridized carbons (Fsp3) is 0.312. The second-order valence-corrected chi connectivity index (χ2v) is 5.97. The molecule has 1 aromatic heterocycles. The van der Waals surface area contributed by atoms with Crippen LogP contribution in [0.25, 0.3) is 0 Å². The molecule has 0 saturated heterocycles. The number of para-hydroxylation sites is 1. The van der Waals surface area contributed by atoms with Crippen LogP contribution in [-0.4, -0.2) is 26.4 Å². The Morgan fingerprint density at radius 2 is 2.08 bits per heavy atom. The van der Waals surface area contributed by atoms with E-state index in [1.165, 1.54) is 18.2 Å². The molecule has 2 rings (SSSR count). The van der Waals surface area contributed by atoms with E-state index in [4.69, 9.17) is 0 Å². The minimum Gasteiger partial charge on any atom is -0.325 e. The van der Waals surface area contributed by atoms with Crippen LogP contribution in [0, 0.1) is 0 Å². The third-order valence-electron chi connectivity index (χ3n) is 3.26. The lowest BCUT2D eigenvalue weighted by Gasteiger charge is -2.13. The first kappa shape index (κ1) is 19.0. The molecule has 25 heavy (non-hydrogen) atoms. The van der Waals surface area contributed by atoms with E-state index in [0.29, 0.717) is 18.1 Å². The number of nitrogens with one attached hydrogen (secondary N) is 1. The Balaban J connectivity index is 2.05. The van der Waals surface area contributed by atoms with Gasteiger partial charge in [0.25, 0.3) is 0 Å². The molecule has 0 saturated carbocycles. The molecule has 0 atom stereocenters. The Morgan fingerprint density at radius 1 is 1.36 bits per heavy atom. The van der Waals surface area contributed by atoms with Crippen molar-refractivity contribution in [3.8, 4) is 0 Å². The van der Waals surface area contributed by atoms with Gasteiger partial charge in [0.2, 0.25) is 5.91 Å². The first-order chi connectivity index (χ1) is 11.9. The summed E-state index contributed by atoms with van der Waals surface area (Å²) in [5, 5.41) is 10.9. The molecule has 0 spiro atoms. The molecule has 134 valence electrons. The van der Waals surface area contributed by atoms with Crippen molar-refractivity contribution in [1.82, 2.24) is 14.8 Å². The molecule has 5 nitrogen and oxygen atoms in total. The average molecular weight is 370 g/mol. The number of amides is 1. The van der Waals surface area contributed by atoms with Crippen molar-refractivity contribution < 1.29 is 18.0 Å². The Bertz CT molecular complexity index is 758. The predicted molar refractivity (Wildman–Crippen MR) is 90.4 cm³/mol. The van der Waals surface area contributed by atoms with Gasteiger partial charge in [-0.3, -0.25) is 4.79 Å². The number of carbonyl (C=O) groups is 1. The summed E-state index contributed by atoms with van der Waals surface area (Å²) < 4.78 is 40.6. The first-order valence-corrected chi connectivity index (χ1v) is 8.47. The molecule has 1 heterocycles. The molecule has 0 aliphatic rings. The lowest BCUT2D eigenvalue weighted by atomic mass is 10.1. The van der Waals surface area contributed by atoms with E-state index in [1.54, 1.807) is 6.08 Å². The fourth-order valence-corrected chi connectivity index (χ4v) is 2.92. The van der Waals surface area contributed by atoms with Gasteiger partial charge in [0.15, 0.2) is 5.16 Å². The van der Waals surface area contributed by atoms with Crippen molar-refractivity contribution >= 4 is 23.4 Å². The molecule has 0 bridgehead atoms. The van der Waals surface area contributed by atoms with Crippen molar-refractivity contribution in [1.29, 1.82) is 0 Å². The number of aromatic nitrogens is 3. The van der Waals surface area contributed by atoms with Crippen LogP contribution in [-0.2, 0) is 23.9 Å². The second-order valence-electron chi connectivity index (χ2n) is 5.03. The van der Waals surface area contributed by atoms with Crippen LogP contribution in [0.3, 0.4) is 0 Å². The quantitative estimate of drug-likeness (QED) is 0.595. The van der Waals surface area contributed by atoms with Crippen LogP contribution >= 0.6 is 11.8 Å². The van der Waals surface area contributed by atoms with Crippen LogP contribution in [0.1, 0.15) is 18.3 Å². The average Bonchev–Trinajstić information content (AvgIpc) is 2.95. The number of rotatable bonds is 7. The monoisotopic (exact) mass is 370 g/mol. The maximum Gasteiger partial charge on any atom is 0.418 e. The van der Waals surface area contributed by atoms with Crippen LogP contribution in [0.15, 0.2) is 42.1 Å². The number of alkyl halides is 3. The predicted octanol–water partition coefficient (Wildman–Crippen LogP) is 3.78. The minimum atomic E-state index is -4.53. The van der Waals surface area contributed by atoms with E-state index in [1.807, 2.05) is 11.5 Å². The van der Waals surface area contributed by atoms with Crippen molar-refractivity contribution in [3.05, 3.63) is 48.3 Å². The summed E-state index contributed by atoms with van der Waals surface area (Å²) in [6, 6.07) is 4.86. The van der Waals surface area contributed by atoms with E-state index in [2.05, 4.69) is 22.1 Å². The van der Waals surface area contributed by atoms with E-state index >= 15 is 0 Å². The normalized spacial score (nSPS) is 11.4. The summed E-state index contributed by atoms with van der Waals surface area (Å²) in [4.78, 5) is 12.0. The summed E-state index contributed by atoms with van der Waals surface area (Å²) in [6.45, 7) is 6.09. The number of benzene rings is 1. The van der Waals surface area contributed by atoms with Gasteiger partial charge in [-0.25, -0.2) is 0 Å². The number of halogens is 3. The molecule has 0 fully saturated rings. The zero-order valence-electron chi connectivity index (χ0n) is 13.5. The summed E-state index contributed by atoms with van der Waals surface area (Å²) in [7, 11) is 0. The van der Waals surface area contributed by atoms with Crippen molar-refractivity contribution in [2.24, 2.45) is 0 Å². The third kappa shape index (κ3) is 4.85. The molecule has 0 radical (unpaired) electrons. The highest BCUT2D eigenvalue weighted by atomic mass is 32.2. The number of nitrogens with zero attached hydrogens (tertiary/aromatic N) is 3. The Kier molecular flexibility index (Phi) is 6.24. The van der Waals surface area contributed by atoms with Gasteiger partial charge in [0, 0.05) is 13.0 Å². The zero-order chi connectivity index (χ0) is 18.4. The van der Waals surface area contributed by atoms with Crippen molar-refractivity contribution in [3.63, 3.8) is 0 Å². The van der Waals surface area contributed by atoms with Gasteiger partial charge in [-0.15, -0.1) is 16.8 Å². The minimum absolute atomic E-state index is 0.0782. The lowest BCUT2D eigenvalue weighted by molar-refractivity contribution is -0.137. The highest BCUT2D eigenvalue weighted by Gasteiger charge is 2.33. The van der Waals surface area contributed by atoms with Gasteiger partial charge in [-0.2, -0.15) is 13.2 Å². The maximum atomic E-state index is 12.9. The lowest BCUT2D eigenvalue weighted by Crippen LogP contribution is -2.18. The second kappa shape index (κ2) is 8.19. The molecule has 1 amide bonds.